The number of nitrogens with one attached hydrogen (secondary N) is 2. The van der Waals surface area contributed by atoms with Crippen LogP contribution in [0.3, 0.4) is 0 Å². The molecule has 6 heteroatoms. The van der Waals surface area contributed by atoms with Crippen LogP contribution in [0.25, 0.3) is 0 Å². The summed E-state index contributed by atoms with van der Waals surface area (Å²) in [6.07, 6.45) is 4.33. The smallest absolute Gasteiger partial charge is 0.191 e. The van der Waals surface area contributed by atoms with Gasteiger partial charge in [0, 0.05) is 39.5 Å². The maximum atomic E-state index is 5.76. The summed E-state index contributed by atoms with van der Waals surface area (Å²) < 4.78 is 16.8. The fourth-order valence-corrected chi connectivity index (χ4v) is 2.79. The number of rotatable bonds is 13. The third-order valence-electron chi connectivity index (χ3n) is 4.28. The molecule has 0 amide bonds. The van der Waals surface area contributed by atoms with Crippen molar-refractivity contribution in [3.05, 3.63) is 35.9 Å². The second-order valence-corrected chi connectivity index (χ2v) is 6.64. The van der Waals surface area contributed by atoms with Crippen LogP contribution in [0.15, 0.2) is 35.3 Å². The highest BCUT2D eigenvalue weighted by Crippen LogP contribution is 2.08. The van der Waals surface area contributed by atoms with Crippen LogP contribution in [0, 0.1) is 0 Å². The van der Waals surface area contributed by atoms with E-state index >= 15 is 0 Å². The van der Waals surface area contributed by atoms with Gasteiger partial charge < -0.3 is 24.8 Å². The second-order valence-electron chi connectivity index (χ2n) is 6.64. The lowest BCUT2D eigenvalue weighted by molar-refractivity contribution is 0.0424. The van der Waals surface area contributed by atoms with Crippen molar-refractivity contribution in [3.63, 3.8) is 0 Å². The van der Waals surface area contributed by atoms with Crippen molar-refractivity contribution in [3.8, 4) is 0 Å². The number of benzene rings is 1. The number of guanidine groups is 1. The Hall–Kier alpha value is -1.63. The van der Waals surface area contributed by atoms with E-state index in [0.29, 0.717) is 6.61 Å². The summed E-state index contributed by atoms with van der Waals surface area (Å²) in [6, 6.07) is 10.3. The molecule has 2 rings (SSSR count). The van der Waals surface area contributed by atoms with Gasteiger partial charge in [0.1, 0.15) is 0 Å². The molecule has 6 nitrogen and oxygen atoms in total. The summed E-state index contributed by atoms with van der Waals surface area (Å²) in [5, 5.41) is 6.67. The van der Waals surface area contributed by atoms with Gasteiger partial charge in [0.2, 0.25) is 0 Å². The van der Waals surface area contributed by atoms with E-state index in [1.165, 1.54) is 5.56 Å². The predicted molar refractivity (Wildman–Crippen MR) is 109 cm³/mol. The Morgan fingerprint density at radius 3 is 2.81 bits per heavy atom. The van der Waals surface area contributed by atoms with Gasteiger partial charge in [-0.3, -0.25) is 4.99 Å². The summed E-state index contributed by atoms with van der Waals surface area (Å²) in [5.41, 5.74) is 1.22. The molecule has 0 bridgehead atoms. The van der Waals surface area contributed by atoms with Crippen molar-refractivity contribution in [2.24, 2.45) is 4.99 Å². The van der Waals surface area contributed by atoms with Crippen molar-refractivity contribution >= 4 is 5.96 Å². The molecular weight excluding hydrogens is 342 g/mol. The Morgan fingerprint density at radius 1 is 1.15 bits per heavy atom. The first kappa shape index (κ1) is 21.7. The normalized spacial score (nSPS) is 17.2. The van der Waals surface area contributed by atoms with E-state index in [1.54, 1.807) is 0 Å². The maximum absolute atomic E-state index is 5.76. The SMILES string of the molecule is CCNC(=NCCCOC1CCOC1)NCCCCOCc1ccccc1. The molecule has 0 saturated carbocycles. The first-order valence-corrected chi connectivity index (χ1v) is 10.2. The zero-order valence-electron chi connectivity index (χ0n) is 16.6. The van der Waals surface area contributed by atoms with Gasteiger partial charge in [0.15, 0.2) is 5.96 Å². The van der Waals surface area contributed by atoms with Crippen LogP contribution < -0.4 is 10.6 Å². The Balaban J connectivity index is 1.47. The number of unbranched alkanes of at least 4 members (excludes halogenated alkanes) is 1. The first-order valence-electron chi connectivity index (χ1n) is 10.2. The molecular formula is C21H35N3O3. The molecule has 1 fully saturated rings. The van der Waals surface area contributed by atoms with Gasteiger partial charge in [-0.05, 0) is 38.2 Å². The molecule has 1 heterocycles. The number of aliphatic imine (C=N–C) groups is 1. The molecule has 1 saturated heterocycles. The van der Waals surface area contributed by atoms with E-state index in [1.807, 2.05) is 18.2 Å². The maximum Gasteiger partial charge on any atom is 0.191 e. The minimum absolute atomic E-state index is 0.282. The Labute approximate surface area is 163 Å². The van der Waals surface area contributed by atoms with Gasteiger partial charge in [-0.2, -0.15) is 0 Å². The van der Waals surface area contributed by atoms with Crippen molar-refractivity contribution < 1.29 is 14.2 Å². The highest BCUT2D eigenvalue weighted by atomic mass is 16.5. The summed E-state index contributed by atoms with van der Waals surface area (Å²) >= 11 is 0. The van der Waals surface area contributed by atoms with Gasteiger partial charge in [0.05, 0.1) is 19.3 Å². The number of hydrogen-bond donors (Lipinski definition) is 2. The molecule has 1 aliphatic heterocycles. The van der Waals surface area contributed by atoms with E-state index < -0.39 is 0 Å². The van der Waals surface area contributed by atoms with Crippen molar-refractivity contribution in [2.75, 3.05) is 46.1 Å². The molecule has 0 radical (unpaired) electrons. The Kier molecular flexibility index (Phi) is 11.6. The van der Waals surface area contributed by atoms with Gasteiger partial charge in [-0.1, -0.05) is 30.3 Å². The molecule has 152 valence electrons. The van der Waals surface area contributed by atoms with Crippen LogP contribution >= 0.6 is 0 Å². The minimum Gasteiger partial charge on any atom is -0.379 e. The lowest BCUT2D eigenvalue weighted by Crippen LogP contribution is -2.38. The topological polar surface area (TPSA) is 64.1 Å². The van der Waals surface area contributed by atoms with E-state index in [0.717, 1.165) is 77.7 Å². The number of hydrogen-bond acceptors (Lipinski definition) is 4. The average Bonchev–Trinajstić information content (AvgIpc) is 3.21. The molecule has 1 aromatic rings. The van der Waals surface area contributed by atoms with Crippen LogP contribution in [0.4, 0.5) is 0 Å². The fraction of sp³-hybridized carbons (Fsp3) is 0.667. The molecule has 1 aliphatic rings. The number of nitrogens with zero attached hydrogens (tertiary/aromatic N) is 1. The van der Waals surface area contributed by atoms with Crippen LogP contribution in [-0.4, -0.2) is 58.1 Å². The Morgan fingerprint density at radius 2 is 2.04 bits per heavy atom. The third-order valence-corrected chi connectivity index (χ3v) is 4.28. The van der Waals surface area contributed by atoms with E-state index in [4.69, 9.17) is 14.2 Å². The van der Waals surface area contributed by atoms with E-state index in [2.05, 4.69) is 34.7 Å². The lowest BCUT2D eigenvalue weighted by atomic mass is 10.2. The zero-order valence-corrected chi connectivity index (χ0v) is 16.6. The van der Waals surface area contributed by atoms with Gasteiger partial charge in [-0.15, -0.1) is 0 Å². The Bertz CT molecular complexity index is 505. The molecule has 1 unspecified atom stereocenters. The average molecular weight is 378 g/mol. The monoisotopic (exact) mass is 377 g/mol. The fourth-order valence-electron chi connectivity index (χ4n) is 2.79. The van der Waals surface area contributed by atoms with Gasteiger partial charge in [-0.25, -0.2) is 0 Å². The lowest BCUT2D eigenvalue weighted by Gasteiger charge is -2.12. The third kappa shape index (κ3) is 10.3. The standard InChI is InChI=1S/C21H35N3O3/c1-2-22-21(24-13-8-15-27-20-11-16-26-18-20)23-12-6-7-14-25-17-19-9-4-3-5-10-19/h3-5,9-10,20H,2,6-8,11-18H2,1H3,(H2,22,23,24). The molecule has 2 N–H and O–H groups in total. The van der Waals surface area contributed by atoms with Crippen molar-refractivity contribution in [1.82, 2.24) is 10.6 Å². The minimum atomic E-state index is 0.282. The second kappa shape index (κ2) is 14.4. The van der Waals surface area contributed by atoms with Crippen LogP contribution in [0.5, 0.6) is 0 Å². The molecule has 1 aromatic carbocycles. The van der Waals surface area contributed by atoms with Gasteiger partial charge in [0.25, 0.3) is 0 Å². The summed E-state index contributed by atoms with van der Waals surface area (Å²) in [6.45, 7) is 8.39. The van der Waals surface area contributed by atoms with E-state index in [-0.39, 0.29) is 6.10 Å². The highest BCUT2D eigenvalue weighted by Gasteiger charge is 2.15. The largest absolute Gasteiger partial charge is 0.379 e. The van der Waals surface area contributed by atoms with Gasteiger partial charge >= 0.3 is 0 Å². The molecule has 0 spiro atoms. The summed E-state index contributed by atoms with van der Waals surface area (Å²) in [5.74, 6) is 0.881. The van der Waals surface area contributed by atoms with E-state index in [9.17, 15) is 0 Å². The summed E-state index contributed by atoms with van der Waals surface area (Å²) in [4.78, 5) is 4.60. The first-order chi connectivity index (χ1) is 13.4. The molecule has 0 aromatic heterocycles. The zero-order chi connectivity index (χ0) is 19.0. The van der Waals surface area contributed by atoms with Crippen molar-refractivity contribution in [2.45, 2.75) is 45.3 Å². The summed E-state index contributed by atoms with van der Waals surface area (Å²) in [7, 11) is 0. The van der Waals surface area contributed by atoms with Crippen molar-refractivity contribution in [1.29, 1.82) is 0 Å². The van der Waals surface area contributed by atoms with Crippen LogP contribution in [-0.2, 0) is 20.8 Å². The molecule has 0 aliphatic carbocycles. The quantitative estimate of drug-likeness (QED) is 0.314. The van der Waals surface area contributed by atoms with Crippen LogP contribution in [0.2, 0.25) is 0 Å². The molecule has 27 heavy (non-hydrogen) atoms. The predicted octanol–water partition coefficient (Wildman–Crippen LogP) is 2.73. The molecule has 1 atom stereocenters. The highest BCUT2D eigenvalue weighted by molar-refractivity contribution is 5.79. The van der Waals surface area contributed by atoms with Crippen LogP contribution in [0.1, 0.15) is 38.2 Å². The number of ether oxygens (including phenoxy) is 3.